The number of carbonyl (C=O) groups excluding carboxylic acids is 1. The van der Waals surface area contributed by atoms with E-state index in [4.69, 9.17) is 10.3 Å². The average Bonchev–Trinajstić information content (AvgIpc) is 2.30. The molecular formula is C11H13N3O2. The van der Waals surface area contributed by atoms with Crippen LogP contribution >= 0.6 is 0 Å². The van der Waals surface area contributed by atoms with E-state index in [0.29, 0.717) is 5.56 Å². The van der Waals surface area contributed by atoms with Crippen molar-refractivity contribution in [1.82, 2.24) is 0 Å². The summed E-state index contributed by atoms with van der Waals surface area (Å²) in [5, 5.41) is 3.55. The molecule has 0 spiro atoms. The van der Waals surface area contributed by atoms with Gasteiger partial charge < -0.3 is 4.74 Å². The summed E-state index contributed by atoms with van der Waals surface area (Å²) < 4.78 is 4.91. The lowest BCUT2D eigenvalue weighted by Gasteiger charge is -2.21. The van der Waals surface area contributed by atoms with Gasteiger partial charge in [-0.05, 0) is 24.9 Å². The first kappa shape index (κ1) is 12.1. The van der Waals surface area contributed by atoms with Crippen molar-refractivity contribution in [3.63, 3.8) is 0 Å². The van der Waals surface area contributed by atoms with E-state index < -0.39 is 11.5 Å². The van der Waals surface area contributed by atoms with Crippen LogP contribution in [0.5, 0.6) is 0 Å². The molecule has 0 fully saturated rings. The van der Waals surface area contributed by atoms with Crippen LogP contribution in [0.25, 0.3) is 10.4 Å². The standard InChI is InChI=1S/C11H13N3O2/c1-3-16-10(15)11(2,13-14-12)9-7-5-4-6-8-9/h4-8H,3H2,1-2H3. The normalized spacial score (nSPS) is 13.4. The summed E-state index contributed by atoms with van der Waals surface area (Å²) in [6.45, 7) is 3.50. The molecule has 5 heteroatoms. The maximum Gasteiger partial charge on any atom is 0.322 e. The fraction of sp³-hybridized carbons (Fsp3) is 0.364. The molecule has 1 atom stereocenters. The van der Waals surface area contributed by atoms with Crippen molar-refractivity contribution in [1.29, 1.82) is 0 Å². The molecule has 16 heavy (non-hydrogen) atoms. The van der Waals surface area contributed by atoms with Crippen molar-refractivity contribution < 1.29 is 9.53 Å². The Morgan fingerprint density at radius 2 is 2.12 bits per heavy atom. The number of ether oxygens (including phenoxy) is 1. The summed E-state index contributed by atoms with van der Waals surface area (Å²) in [7, 11) is 0. The summed E-state index contributed by atoms with van der Waals surface area (Å²) in [4.78, 5) is 14.5. The fourth-order valence-corrected chi connectivity index (χ4v) is 1.34. The maximum atomic E-state index is 11.8. The predicted octanol–water partition coefficient (Wildman–Crippen LogP) is 2.78. The van der Waals surface area contributed by atoms with Gasteiger partial charge in [0.25, 0.3) is 0 Å². The molecule has 1 aromatic rings. The molecule has 0 aliphatic carbocycles. The van der Waals surface area contributed by atoms with Crippen LogP contribution < -0.4 is 0 Å². The van der Waals surface area contributed by atoms with Crippen LogP contribution in [-0.2, 0) is 15.1 Å². The summed E-state index contributed by atoms with van der Waals surface area (Å²) in [6, 6.07) is 8.84. The topological polar surface area (TPSA) is 75.1 Å². The Balaban J connectivity index is 3.16. The summed E-state index contributed by atoms with van der Waals surface area (Å²) in [5.74, 6) is -0.543. The molecule has 1 aromatic carbocycles. The first-order chi connectivity index (χ1) is 7.65. The third-order valence-corrected chi connectivity index (χ3v) is 2.25. The Labute approximate surface area is 93.7 Å². The Kier molecular flexibility index (Phi) is 3.91. The zero-order chi connectivity index (χ0) is 12.0. The lowest BCUT2D eigenvalue weighted by Crippen LogP contribution is -2.32. The summed E-state index contributed by atoms with van der Waals surface area (Å²) in [6.07, 6.45) is 0. The highest BCUT2D eigenvalue weighted by Gasteiger charge is 2.35. The molecule has 0 radical (unpaired) electrons. The van der Waals surface area contributed by atoms with Gasteiger partial charge in [-0.15, -0.1) is 0 Å². The highest BCUT2D eigenvalue weighted by molar-refractivity contribution is 5.82. The second-order valence-corrected chi connectivity index (χ2v) is 3.35. The molecule has 0 amide bonds. The number of rotatable bonds is 4. The lowest BCUT2D eigenvalue weighted by molar-refractivity contribution is -0.149. The van der Waals surface area contributed by atoms with Crippen LogP contribution in [0.15, 0.2) is 35.4 Å². The van der Waals surface area contributed by atoms with E-state index in [1.54, 1.807) is 38.1 Å². The zero-order valence-corrected chi connectivity index (χ0v) is 9.25. The molecule has 0 aliphatic rings. The van der Waals surface area contributed by atoms with Gasteiger partial charge in [0.05, 0.1) is 6.61 Å². The zero-order valence-electron chi connectivity index (χ0n) is 9.25. The van der Waals surface area contributed by atoms with Crippen LogP contribution in [0.1, 0.15) is 19.4 Å². The van der Waals surface area contributed by atoms with Gasteiger partial charge in [0, 0.05) is 4.91 Å². The van der Waals surface area contributed by atoms with Gasteiger partial charge in [0.2, 0.25) is 0 Å². The second kappa shape index (κ2) is 5.19. The van der Waals surface area contributed by atoms with E-state index in [-0.39, 0.29) is 6.61 Å². The number of hydrogen-bond donors (Lipinski definition) is 0. The van der Waals surface area contributed by atoms with Crippen LogP contribution in [0.4, 0.5) is 0 Å². The Morgan fingerprint density at radius 3 is 2.62 bits per heavy atom. The molecule has 1 unspecified atom stereocenters. The Bertz CT molecular complexity index is 412. The van der Waals surface area contributed by atoms with Crippen molar-refractivity contribution in [2.24, 2.45) is 5.11 Å². The summed E-state index contributed by atoms with van der Waals surface area (Å²) in [5.41, 5.74) is 7.85. The Hall–Kier alpha value is -2.00. The molecule has 0 heterocycles. The minimum absolute atomic E-state index is 0.252. The van der Waals surface area contributed by atoms with E-state index in [1.807, 2.05) is 6.07 Å². The van der Waals surface area contributed by atoms with E-state index in [2.05, 4.69) is 10.0 Å². The quantitative estimate of drug-likeness (QED) is 0.338. The van der Waals surface area contributed by atoms with E-state index in [9.17, 15) is 4.79 Å². The molecule has 0 saturated carbocycles. The van der Waals surface area contributed by atoms with Gasteiger partial charge in [-0.1, -0.05) is 35.4 Å². The first-order valence-electron chi connectivity index (χ1n) is 4.94. The molecule has 84 valence electrons. The number of nitrogens with zero attached hydrogens (tertiary/aromatic N) is 3. The maximum absolute atomic E-state index is 11.8. The van der Waals surface area contributed by atoms with Crippen molar-refractivity contribution in [2.45, 2.75) is 19.4 Å². The second-order valence-electron chi connectivity index (χ2n) is 3.35. The lowest BCUT2D eigenvalue weighted by atomic mass is 9.93. The van der Waals surface area contributed by atoms with Crippen molar-refractivity contribution >= 4 is 5.97 Å². The smallest absolute Gasteiger partial charge is 0.322 e. The average molecular weight is 219 g/mol. The molecule has 1 rings (SSSR count). The number of hydrogen-bond acceptors (Lipinski definition) is 3. The molecule has 5 nitrogen and oxygen atoms in total. The molecule has 0 aromatic heterocycles. The van der Waals surface area contributed by atoms with Gasteiger partial charge in [0.1, 0.15) is 0 Å². The molecule has 0 N–H and O–H groups in total. The molecular weight excluding hydrogens is 206 g/mol. The van der Waals surface area contributed by atoms with Crippen LogP contribution in [0, 0.1) is 0 Å². The monoisotopic (exact) mass is 219 g/mol. The van der Waals surface area contributed by atoms with Gasteiger partial charge in [-0.3, -0.25) is 4.79 Å². The van der Waals surface area contributed by atoms with Crippen molar-refractivity contribution in [3.8, 4) is 0 Å². The van der Waals surface area contributed by atoms with E-state index in [0.717, 1.165) is 0 Å². The highest BCUT2D eigenvalue weighted by atomic mass is 16.5. The van der Waals surface area contributed by atoms with Gasteiger partial charge >= 0.3 is 5.97 Å². The van der Waals surface area contributed by atoms with Crippen LogP contribution in [0.2, 0.25) is 0 Å². The Morgan fingerprint density at radius 1 is 1.50 bits per heavy atom. The number of esters is 1. The molecule has 0 saturated heterocycles. The third kappa shape index (κ3) is 2.32. The van der Waals surface area contributed by atoms with E-state index in [1.165, 1.54) is 0 Å². The highest BCUT2D eigenvalue weighted by Crippen LogP contribution is 2.27. The van der Waals surface area contributed by atoms with Crippen molar-refractivity contribution in [2.75, 3.05) is 6.61 Å². The molecule has 0 aliphatic heterocycles. The number of carbonyl (C=O) groups is 1. The molecule has 0 bridgehead atoms. The first-order valence-corrected chi connectivity index (χ1v) is 4.94. The predicted molar refractivity (Wildman–Crippen MR) is 59.6 cm³/mol. The van der Waals surface area contributed by atoms with Crippen LogP contribution in [-0.4, -0.2) is 12.6 Å². The van der Waals surface area contributed by atoms with Gasteiger partial charge in [-0.25, -0.2) is 0 Å². The SMILES string of the molecule is CCOC(=O)C(C)(N=[N+]=[N-])c1ccccc1. The van der Waals surface area contributed by atoms with Crippen LogP contribution in [0.3, 0.4) is 0 Å². The largest absolute Gasteiger partial charge is 0.465 e. The number of azide groups is 1. The third-order valence-electron chi connectivity index (χ3n) is 2.25. The van der Waals surface area contributed by atoms with Gasteiger partial charge in [-0.2, -0.15) is 0 Å². The minimum atomic E-state index is -1.30. The van der Waals surface area contributed by atoms with E-state index >= 15 is 0 Å². The van der Waals surface area contributed by atoms with Crippen molar-refractivity contribution in [3.05, 3.63) is 46.3 Å². The minimum Gasteiger partial charge on any atom is -0.465 e. The fourth-order valence-electron chi connectivity index (χ4n) is 1.34. The number of benzene rings is 1. The van der Waals surface area contributed by atoms with Gasteiger partial charge in [0.15, 0.2) is 5.54 Å². The summed E-state index contributed by atoms with van der Waals surface area (Å²) >= 11 is 0.